The van der Waals surface area contributed by atoms with Gasteiger partial charge in [0.1, 0.15) is 5.75 Å². The number of likely N-dealkylation sites (tertiary alicyclic amines) is 2. The van der Waals surface area contributed by atoms with Crippen LogP contribution in [0.2, 0.25) is 0 Å². The quantitative estimate of drug-likeness (QED) is 0.144. The van der Waals surface area contributed by atoms with E-state index in [2.05, 4.69) is 35.2 Å². The molecule has 4 heterocycles. The molecule has 262 valence electrons. The molecule has 1 aliphatic carbocycles. The lowest BCUT2D eigenvalue weighted by Crippen LogP contribution is -2.47. The molecule has 3 saturated heterocycles. The van der Waals surface area contributed by atoms with Crippen molar-refractivity contribution in [2.24, 2.45) is 17.8 Å². The van der Waals surface area contributed by atoms with Gasteiger partial charge in [-0.05, 0) is 89.6 Å². The lowest BCUT2D eigenvalue weighted by Gasteiger charge is -2.36. The van der Waals surface area contributed by atoms with Crippen molar-refractivity contribution in [3.8, 4) is 5.75 Å². The number of aromatic hydroxyl groups is 1. The number of carbonyl (C=O) groups is 2. The van der Waals surface area contributed by atoms with E-state index in [0.717, 1.165) is 71.2 Å². The number of methoxy groups -OCH3 is 1. The van der Waals surface area contributed by atoms with Crippen LogP contribution >= 0.6 is 0 Å². The van der Waals surface area contributed by atoms with E-state index >= 15 is 0 Å². The van der Waals surface area contributed by atoms with Gasteiger partial charge in [-0.15, -0.1) is 0 Å². The first kappa shape index (κ1) is 33.5. The van der Waals surface area contributed by atoms with Gasteiger partial charge in [0.15, 0.2) is 0 Å². The van der Waals surface area contributed by atoms with Crippen LogP contribution in [-0.4, -0.2) is 77.3 Å². The number of phenols is 1. The fourth-order valence-electron chi connectivity index (χ4n) is 9.07. The Morgan fingerprint density at radius 2 is 1.69 bits per heavy atom. The molecular formula is C43H45N3O5. The molecule has 8 rings (SSSR count). The number of allylic oxidation sites excluding steroid dienone is 1. The summed E-state index contributed by atoms with van der Waals surface area (Å²) in [5, 5.41) is 12.3. The number of ether oxygens (including phenoxy) is 2. The highest BCUT2D eigenvalue weighted by molar-refractivity contribution is 6.06. The predicted molar refractivity (Wildman–Crippen MR) is 197 cm³/mol. The number of nitrogens with zero attached hydrogens (tertiary/aromatic N) is 3. The van der Waals surface area contributed by atoms with Gasteiger partial charge in [-0.25, -0.2) is 0 Å². The van der Waals surface area contributed by atoms with Crippen LogP contribution in [0, 0.1) is 17.8 Å². The molecule has 0 bridgehead atoms. The molecule has 1 aromatic heterocycles. The summed E-state index contributed by atoms with van der Waals surface area (Å²) in [6.07, 6.45) is 7.35. The summed E-state index contributed by atoms with van der Waals surface area (Å²) < 4.78 is 12.3. The summed E-state index contributed by atoms with van der Waals surface area (Å²) in [5.41, 5.74) is 6.52. The monoisotopic (exact) mass is 683 g/mol. The zero-order chi connectivity index (χ0) is 34.9. The van der Waals surface area contributed by atoms with Crippen molar-refractivity contribution >= 4 is 34.2 Å². The fraction of sp³-hybridized carbons (Fsp3) is 0.372. The number of hydrogen-bond donors (Lipinski definition) is 1. The van der Waals surface area contributed by atoms with Gasteiger partial charge in [0.25, 0.3) is 0 Å². The number of hydrogen-bond acceptors (Lipinski definition) is 7. The van der Waals surface area contributed by atoms with E-state index in [1.165, 1.54) is 5.56 Å². The second-order valence-corrected chi connectivity index (χ2v) is 14.4. The minimum absolute atomic E-state index is 0.0101. The maximum atomic E-state index is 14.3. The molecule has 0 unspecified atom stereocenters. The third kappa shape index (κ3) is 6.52. The Bertz CT molecular complexity index is 1970. The summed E-state index contributed by atoms with van der Waals surface area (Å²) in [7, 11) is 1.69. The Morgan fingerprint density at radius 1 is 0.922 bits per heavy atom. The Kier molecular flexibility index (Phi) is 9.56. The number of carbonyl (C=O) groups excluding carboxylic acids is 2. The Hall–Kier alpha value is -4.63. The van der Waals surface area contributed by atoms with E-state index in [1.807, 2.05) is 60.8 Å². The van der Waals surface area contributed by atoms with Crippen LogP contribution in [0.1, 0.15) is 48.9 Å². The van der Waals surface area contributed by atoms with Gasteiger partial charge in [-0.3, -0.25) is 24.4 Å². The summed E-state index contributed by atoms with van der Waals surface area (Å²) in [5.74, 6) is -0.621. The van der Waals surface area contributed by atoms with Crippen molar-refractivity contribution in [3.05, 3.63) is 119 Å². The first-order chi connectivity index (χ1) is 25.0. The molecular weight excluding hydrogens is 638 g/mol. The van der Waals surface area contributed by atoms with Gasteiger partial charge in [0.05, 0.1) is 36.8 Å². The van der Waals surface area contributed by atoms with E-state index < -0.39 is 0 Å². The number of benzene rings is 3. The predicted octanol–water partition coefficient (Wildman–Crippen LogP) is 6.89. The molecule has 2 amide bonds. The largest absolute Gasteiger partial charge is 0.507 e. The molecule has 4 aromatic rings. The summed E-state index contributed by atoms with van der Waals surface area (Å²) in [6.45, 7) is 3.48. The van der Waals surface area contributed by atoms with Crippen LogP contribution in [0.5, 0.6) is 5.75 Å². The number of fused-ring (bicyclic) bond motifs is 4. The topological polar surface area (TPSA) is 92.2 Å². The van der Waals surface area contributed by atoms with Crippen LogP contribution in [0.3, 0.4) is 0 Å². The van der Waals surface area contributed by atoms with E-state index in [4.69, 9.17) is 14.5 Å². The highest BCUT2D eigenvalue weighted by Crippen LogP contribution is 2.51. The van der Waals surface area contributed by atoms with Gasteiger partial charge in [-0.2, -0.15) is 0 Å². The lowest BCUT2D eigenvalue weighted by atomic mass is 9.69. The highest BCUT2D eigenvalue weighted by Gasteiger charge is 2.58. The third-order valence-corrected chi connectivity index (χ3v) is 11.5. The number of amides is 2. The van der Waals surface area contributed by atoms with Crippen molar-refractivity contribution in [1.29, 1.82) is 0 Å². The van der Waals surface area contributed by atoms with Crippen LogP contribution in [0.25, 0.3) is 22.4 Å². The molecule has 4 atom stereocenters. The summed E-state index contributed by atoms with van der Waals surface area (Å²) in [6, 6.07) is 27.9. The van der Waals surface area contributed by atoms with Crippen molar-refractivity contribution in [3.63, 3.8) is 0 Å². The average molecular weight is 684 g/mol. The van der Waals surface area contributed by atoms with Crippen molar-refractivity contribution in [2.75, 3.05) is 33.4 Å². The standard InChI is InChI=1S/C43H45N3O5/c1-50-26-31-24-35-41(43(49)46(42(35)48)32-18-21-45(22-19-32)25-28-9-3-2-4-10-28)36-27-51-39(40(31)36)17-15-30(37-13-7-8-20-44-37)23-29-14-16-38(47)34-12-6-5-11-33(29)34/h2-14,16,20,23,32,35-36,39,41,47H,15,17-19,21-22,24-27H2,1H3/b30-23-/t35-,36+,39-,41-/m1/s1. The van der Waals surface area contributed by atoms with Crippen molar-refractivity contribution in [2.45, 2.75) is 50.8 Å². The van der Waals surface area contributed by atoms with Crippen LogP contribution < -0.4 is 0 Å². The van der Waals surface area contributed by atoms with Crippen LogP contribution in [0.4, 0.5) is 0 Å². The van der Waals surface area contributed by atoms with E-state index in [-0.39, 0.29) is 47.5 Å². The molecule has 3 aliphatic heterocycles. The van der Waals surface area contributed by atoms with Gasteiger partial charge in [0.2, 0.25) is 11.8 Å². The zero-order valence-corrected chi connectivity index (χ0v) is 29.1. The molecule has 8 nitrogen and oxygen atoms in total. The maximum absolute atomic E-state index is 14.3. The third-order valence-electron chi connectivity index (χ3n) is 11.5. The summed E-state index contributed by atoms with van der Waals surface area (Å²) in [4.78, 5) is 37.1. The molecule has 3 aromatic carbocycles. The molecule has 4 aliphatic rings. The second kappa shape index (κ2) is 14.5. The van der Waals surface area contributed by atoms with E-state index in [9.17, 15) is 14.7 Å². The van der Waals surface area contributed by atoms with E-state index in [0.29, 0.717) is 32.5 Å². The summed E-state index contributed by atoms with van der Waals surface area (Å²) >= 11 is 0. The Balaban J connectivity index is 1.01. The fourth-order valence-corrected chi connectivity index (χ4v) is 9.07. The number of piperidine rings is 1. The molecule has 0 saturated carbocycles. The number of aromatic nitrogens is 1. The first-order valence-corrected chi connectivity index (χ1v) is 18.3. The second-order valence-electron chi connectivity index (χ2n) is 14.4. The molecule has 0 spiro atoms. The minimum atomic E-state index is -0.380. The number of phenolic OH excluding ortho intramolecular Hbond substituents is 1. The Labute approximate surface area is 299 Å². The van der Waals surface area contributed by atoms with Crippen molar-refractivity contribution in [1.82, 2.24) is 14.8 Å². The number of pyridine rings is 1. The smallest absolute Gasteiger partial charge is 0.234 e. The minimum Gasteiger partial charge on any atom is -0.507 e. The molecule has 3 fully saturated rings. The van der Waals surface area contributed by atoms with Crippen molar-refractivity contribution < 1.29 is 24.2 Å². The zero-order valence-electron chi connectivity index (χ0n) is 29.1. The van der Waals surface area contributed by atoms with Gasteiger partial charge < -0.3 is 14.6 Å². The van der Waals surface area contributed by atoms with Gasteiger partial charge in [0, 0.05) is 50.3 Å². The first-order valence-electron chi connectivity index (χ1n) is 18.3. The molecule has 1 N–H and O–H groups in total. The molecule has 51 heavy (non-hydrogen) atoms. The normalized spacial score (nSPS) is 24.4. The number of imide groups is 1. The molecule has 0 radical (unpaired) electrons. The molecule has 8 heteroatoms. The van der Waals surface area contributed by atoms with Crippen LogP contribution in [-0.2, 0) is 25.6 Å². The van der Waals surface area contributed by atoms with Gasteiger partial charge in [-0.1, -0.05) is 66.7 Å². The number of rotatable bonds is 10. The highest BCUT2D eigenvalue weighted by atomic mass is 16.5. The van der Waals surface area contributed by atoms with E-state index in [1.54, 1.807) is 18.1 Å². The Morgan fingerprint density at radius 3 is 2.45 bits per heavy atom. The lowest BCUT2D eigenvalue weighted by molar-refractivity contribution is -0.144. The van der Waals surface area contributed by atoms with Gasteiger partial charge >= 0.3 is 0 Å². The average Bonchev–Trinajstić information content (AvgIpc) is 3.70. The SMILES string of the molecule is COCC1=C2[C@@H](CC/C(=C/c3ccc(O)c4ccccc34)c3ccccn3)OC[C@@H]2[C@@H]2C(=O)N(C3CCN(Cc4ccccc4)CC3)C(=O)[C@@H]2C1. The van der Waals surface area contributed by atoms with Crippen LogP contribution in [0.15, 0.2) is 102 Å². The maximum Gasteiger partial charge on any atom is 0.234 e.